The molecule has 660 valence electrons. The Bertz CT molecular complexity index is 8970. The first-order valence-electron chi connectivity index (χ1n) is 47.8. The quantitative estimate of drug-likeness (QED) is 0.116. The van der Waals surface area contributed by atoms with Gasteiger partial charge in [-0.2, -0.15) is 0 Å². The van der Waals surface area contributed by atoms with Crippen molar-refractivity contribution in [3.05, 3.63) is 543 Å². The highest BCUT2D eigenvalue weighted by molar-refractivity contribution is 9.11. The Morgan fingerprint density at radius 2 is 0.460 bits per heavy atom. The number of hydrogen-bond acceptors (Lipinski definition) is 0. The summed E-state index contributed by atoms with van der Waals surface area (Å²) in [6, 6.07) is 178. The summed E-state index contributed by atoms with van der Waals surface area (Å²) in [7, 11) is 0. The monoisotopic (exact) mass is 1970 g/mol. The van der Waals surface area contributed by atoms with Crippen LogP contribution in [0.25, 0.3) is 194 Å². The van der Waals surface area contributed by atoms with Crippen molar-refractivity contribution in [1.82, 2.24) is 13.7 Å². The molecule has 21 aromatic carbocycles. The molecule has 0 N–H and O–H groups in total. The lowest BCUT2D eigenvalue weighted by Crippen LogP contribution is -2.28. The van der Waals surface area contributed by atoms with E-state index in [1.807, 2.05) is 0 Å². The minimum Gasteiger partial charge on any atom is -0.309 e. The average Bonchev–Trinajstić information content (AvgIpc) is 1.53. The number of fused-ring (bicyclic) bond motifs is 18. The van der Waals surface area contributed by atoms with Gasteiger partial charge in [0, 0.05) is 62.3 Å². The topological polar surface area (TPSA) is 14.8 Å². The van der Waals surface area contributed by atoms with Crippen LogP contribution in [0.4, 0.5) is 0 Å². The number of hydrogen-bond donors (Lipinski definition) is 0. The van der Waals surface area contributed by atoms with Crippen molar-refractivity contribution >= 4 is 113 Å². The third kappa shape index (κ3) is 14.3. The van der Waals surface area contributed by atoms with E-state index in [0.717, 1.165) is 19.1 Å². The van der Waals surface area contributed by atoms with E-state index in [1.165, 1.54) is 233 Å². The standard InChI is InChI=1S/C49H32BrN.C45H32BrN.C39H28BrN/c50-39-25-22-33(23-26-39)34-12-11-13-35(30-34)36-24-28-44-43-19-8-10-21-47(43)51(48(44)31-36)40-27-29-42-41-18-7-9-20-45(41)49(46(42)32-40,37-14-3-1-4-15-37)38-16-5-2-6-17-38;1-45(2)40-16-7-6-14-36(40)38-15-9-17-42(44(38)45)47-41-25-21-33(29-10-4-3-5-11-29)27-39(41)37-24-20-34(28-43(37)47)32-13-8-12-31(26-32)30-18-22-35(46)23-19-30;1-39(2)34-14-5-3-11-30(34)33-13-8-16-36(38(33)39)41-35-15-6-4-12-31(35)32-22-19-28(24-37(32)41)27-10-7-9-26(23-27)25-17-20-29(40)21-18-25/h1-32H;3-28H,1-2H3;3-24H,1-2H3. The lowest BCUT2D eigenvalue weighted by atomic mass is 9.67. The summed E-state index contributed by atoms with van der Waals surface area (Å²) in [5.41, 5.74) is 45.9. The van der Waals surface area contributed by atoms with E-state index in [9.17, 15) is 0 Å². The Labute approximate surface area is 835 Å². The van der Waals surface area contributed by atoms with Gasteiger partial charge in [-0.25, -0.2) is 0 Å². The highest BCUT2D eigenvalue weighted by Gasteiger charge is 2.47. The Morgan fingerprint density at radius 1 is 0.173 bits per heavy atom. The first kappa shape index (κ1) is 85.1. The molecule has 0 spiro atoms. The maximum absolute atomic E-state index is 3.58. The number of rotatable bonds is 12. The summed E-state index contributed by atoms with van der Waals surface area (Å²) >= 11 is 10.7. The summed E-state index contributed by atoms with van der Waals surface area (Å²) in [5, 5.41) is 7.59. The maximum atomic E-state index is 3.58. The van der Waals surface area contributed by atoms with Crippen molar-refractivity contribution in [1.29, 1.82) is 0 Å². The SMILES string of the molecule is Brc1ccc(-c2cccc(-c3ccc4c5ccccc5n(-c5ccc6c(c5)C(c5ccccc5)(c5ccccc5)c5ccccc5-6)c4c3)c2)cc1.CC1(C)c2ccccc2-c2cccc(-n3c4ccc(-c5ccccc5)cc4c4ccc(-c5cccc(-c6ccc(Br)cc6)c5)cc43)c21.CC1(C)c2ccccc2-c2cccc(-n3c4ccccc4c4ccc(-c5cccc(-c6ccc(Br)cc6)c5)cc43)c21. The number of nitrogens with zero attached hydrogens (tertiary/aromatic N) is 3. The molecule has 3 aliphatic rings. The highest BCUT2D eigenvalue weighted by Crippen LogP contribution is 2.59. The van der Waals surface area contributed by atoms with Gasteiger partial charge in [0.25, 0.3) is 0 Å². The first-order valence-corrected chi connectivity index (χ1v) is 50.2. The van der Waals surface area contributed by atoms with E-state index in [0.29, 0.717) is 0 Å². The zero-order valence-corrected chi connectivity index (χ0v) is 81.9. The Kier molecular flexibility index (Phi) is 21.0. The van der Waals surface area contributed by atoms with E-state index in [2.05, 4.69) is 574 Å². The van der Waals surface area contributed by atoms with E-state index in [-0.39, 0.29) is 10.8 Å². The van der Waals surface area contributed by atoms with E-state index >= 15 is 0 Å². The molecule has 3 aromatic heterocycles. The number of aromatic nitrogens is 3. The summed E-state index contributed by atoms with van der Waals surface area (Å²) in [5.74, 6) is 0. The molecule has 0 radical (unpaired) electrons. The largest absolute Gasteiger partial charge is 0.309 e. The first-order chi connectivity index (χ1) is 68.2. The van der Waals surface area contributed by atoms with Crippen LogP contribution in [0.3, 0.4) is 0 Å². The van der Waals surface area contributed by atoms with Gasteiger partial charge in [0.2, 0.25) is 0 Å². The van der Waals surface area contributed by atoms with Gasteiger partial charge in [-0.3, -0.25) is 0 Å². The molecule has 0 saturated carbocycles. The van der Waals surface area contributed by atoms with Gasteiger partial charge in [0.15, 0.2) is 0 Å². The summed E-state index contributed by atoms with van der Waals surface area (Å²) in [6.45, 7) is 9.49. The molecule has 0 saturated heterocycles. The van der Waals surface area contributed by atoms with Gasteiger partial charge in [0.1, 0.15) is 0 Å². The van der Waals surface area contributed by atoms with Gasteiger partial charge in [-0.1, -0.05) is 439 Å². The molecular weight excluding hydrogens is 1880 g/mol. The average molecular weight is 1970 g/mol. The smallest absolute Gasteiger partial charge is 0.0714 e. The number of halogens is 3. The molecule has 0 atom stereocenters. The Balaban J connectivity index is 0.000000111. The normalized spacial score (nSPS) is 13.2. The molecule has 3 nitrogen and oxygen atoms in total. The molecule has 0 amide bonds. The van der Waals surface area contributed by atoms with Crippen LogP contribution >= 0.6 is 47.8 Å². The zero-order valence-electron chi connectivity index (χ0n) is 77.2. The Hall–Kier alpha value is -15.5. The highest BCUT2D eigenvalue weighted by atomic mass is 79.9. The van der Waals surface area contributed by atoms with Gasteiger partial charge in [-0.05, 0) is 277 Å². The van der Waals surface area contributed by atoms with Crippen LogP contribution in [0, 0.1) is 0 Å². The molecule has 27 rings (SSSR count). The van der Waals surface area contributed by atoms with Crippen molar-refractivity contribution in [2.45, 2.75) is 43.9 Å². The van der Waals surface area contributed by atoms with Crippen LogP contribution in [-0.2, 0) is 16.2 Å². The van der Waals surface area contributed by atoms with Crippen molar-refractivity contribution < 1.29 is 0 Å². The molecule has 0 unspecified atom stereocenters. The molecule has 24 aromatic rings. The number of benzene rings is 21. The second-order valence-corrected chi connectivity index (χ2v) is 40.8. The lowest BCUT2D eigenvalue weighted by Gasteiger charge is -2.34. The summed E-state index contributed by atoms with van der Waals surface area (Å²) < 4.78 is 10.8. The van der Waals surface area contributed by atoms with E-state index in [1.54, 1.807) is 0 Å². The van der Waals surface area contributed by atoms with E-state index < -0.39 is 5.41 Å². The summed E-state index contributed by atoms with van der Waals surface area (Å²) in [4.78, 5) is 0. The van der Waals surface area contributed by atoms with Crippen LogP contribution in [0.15, 0.2) is 499 Å². The lowest BCUT2D eigenvalue weighted by molar-refractivity contribution is 0.656. The molecule has 0 aliphatic heterocycles. The van der Waals surface area contributed by atoms with Crippen LogP contribution in [0.5, 0.6) is 0 Å². The predicted octanol–water partition coefficient (Wildman–Crippen LogP) is 37.3. The van der Waals surface area contributed by atoms with Crippen LogP contribution < -0.4 is 0 Å². The third-order valence-electron chi connectivity index (χ3n) is 29.6. The maximum Gasteiger partial charge on any atom is 0.0714 e. The molecule has 0 fully saturated rings. The Morgan fingerprint density at radius 3 is 0.906 bits per heavy atom. The molecule has 0 bridgehead atoms. The minimum atomic E-state index is -0.457. The molecule has 3 aliphatic carbocycles. The van der Waals surface area contributed by atoms with Crippen LogP contribution in [0.1, 0.15) is 72.2 Å². The fourth-order valence-corrected chi connectivity index (χ4v) is 24.0. The fraction of sp³-hybridized carbons (Fsp3) is 0.0526. The second-order valence-electron chi connectivity index (χ2n) is 38.1. The molecule has 6 heteroatoms. The van der Waals surface area contributed by atoms with Gasteiger partial charge in [0.05, 0.1) is 49.9 Å². The van der Waals surface area contributed by atoms with Crippen LogP contribution in [-0.4, -0.2) is 13.7 Å². The molecule has 3 heterocycles. The zero-order chi connectivity index (χ0) is 93.4. The molecular formula is C133H92Br3N3. The van der Waals surface area contributed by atoms with Crippen molar-refractivity contribution in [3.63, 3.8) is 0 Å². The van der Waals surface area contributed by atoms with Crippen molar-refractivity contribution in [2.24, 2.45) is 0 Å². The third-order valence-corrected chi connectivity index (χ3v) is 31.2. The van der Waals surface area contributed by atoms with Gasteiger partial charge in [-0.15, -0.1) is 0 Å². The predicted molar refractivity (Wildman–Crippen MR) is 596 cm³/mol. The van der Waals surface area contributed by atoms with Crippen molar-refractivity contribution in [2.75, 3.05) is 0 Å². The fourth-order valence-electron chi connectivity index (χ4n) is 23.3. The van der Waals surface area contributed by atoms with Crippen molar-refractivity contribution in [3.8, 4) is 128 Å². The van der Waals surface area contributed by atoms with Gasteiger partial charge >= 0.3 is 0 Å². The summed E-state index contributed by atoms with van der Waals surface area (Å²) in [6.07, 6.45) is 0. The van der Waals surface area contributed by atoms with E-state index in [4.69, 9.17) is 0 Å². The molecule has 139 heavy (non-hydrogen) atoms. The second kappa shape index (κ2) is 34.3. The number of para-hydroxylation sites is 2. The minimum absolute atomic E-state index is 0.100. The van der Waals surface area contributed by atoms with Crippen LogP contribution in [0.2, 0.25) is 0 Å². The van der Waals surface area contributed by atoms with Gasteiger partial charge < -0.3 is 13.7 Å².